The van der Waals surface area contributed by atoms with Crippen LogP contribution in [0.4, 0.5) is 4.39 Å². The van der Waals surface area contributed by atoms with Crippen molar-refractivity contribution in [2.24, 2.45) is 5.73 Å². The molecule has 0 unspecified atom stereocenters. The van der Waals surface area contributed by atoms with Gasteiger partial charge in [0.25, 0.3) is 0 Å². The van der Waals surface area contributed by atoms with Crippen LogP contribution in [0.25, 0.3) is 21.8 Å². The minimum absolute atomic E-state index is 0.338. The lowest BCUT2D eigenvalue weighted by atomic mass is 10.1. The number of benzene rings is 2. The maximum Gasteiger partial charge on any atom is 0.249 e. The number of fused-ring (bicyclic) bond motifs is 3. The Morgan fingerprint density at radius 2 is 1.92 bits per heavy atom. The van der Waals surface area contributed by atoms with Gasteiger partial charge in [0.1, 0.15) is 5.82 Å². The van der Waals surface area contributed by atoms with Gasteiger partial charge in [-0.2, -0.15) is 0 Å². The molecule has 0 aliphatic carbocycles. The van der Waals surface area contributed by atoms with Crippen LogP contribution in [0.5, 0.6) is 0 Å². The Hall–Kier alpha value is -3.21. The first-order chi connectivity index (χ1) is 11.7. The highest BCUT2D eigenvalue weighted by atomic mass is 19.1. The average molecular weight is 319 g/mol. The molecule has 0 spiro atoms. The molecule has 0 bridgehead atoms. The standard InChI is InChI=1S/C19H14FN3O/c20-15-8-3-6-13-17-14(19(21)24)7-4-9-16(17)23(18(13)15)11-12-5-1-2-10-22-12/h1-10H,11H2,(H2,21,24). The first kappa shape index (κ1) is 14.4. The summed E-state index contributed by atoms with van der Waals surface area (Å²) < 4.78 is 16.4. The average Bonchev–Trinajstić information content (AvgIpc) is 2.91. The molecule has 1 amide bonds. The summed E-state index contributed by atoms with van der Waals surface area (Å²) in [6, 6.07) is 15.8. The van der Waals surface area contributed by atoms with Gasteiger partial charge in [-0.1, -0.05) is 24.3 Å². The number of para-hydroxylation sites is 1. The van der Waals surface area contributed by atoms with Crippen LogP contribution in [0.2, 0.25) is 0 Å². The Morgan fingerprint density at radius 3 is 2.67 bits per heavy atom. The van der Waals surface area contributed by atoms with Crippen molar-refractivity contribution >= 4 is 27.7 Å². The number of primary amides is 1. The first-order valence-corrected chi connectivity index (χ1v) is 7.56. The van der Waals surface area contributed by atoms with Gasteiger partial charge < -0.3 is 10.3 Å². The zero-order valence-corrected chi connectivity index (χ0v) is 12.7. The number of pyridine rings is 1. The number of carbonyl (C=O) groups is 1. The van der Waals surface area contributed by atoms with Crippen molar-refractivity contribution in [3.05, 3.63) is 77.9 Å². The molecule has 2 N–H and O–H groups in total. The van der Waals surface area contributed by atoms with E-state index in [1.165, 1.54) is 6.07 Å². The molecular weight excluding hydrogens is 305 g/mol. The third kappa shape index (κ3) is 2.13. The second kappa shape index (κ2) is 5.45. The molecule has 2 aromatic carbocycles. The molecule has 4 nitrogen and oxygen atoms in total. The van der Waals surface area contributed by atoms with Gasteiger partial charge >= 0.3 is 0 Å². The highest BCUT2D eigenvalue weighted by Gasteiger charge is 2.18. The molecule has 0 saturated carbocycles. The van der Waals surface area contributed by atoms with E-state index in [0.29, 0.717) is 28.4 Å². The SMILES string of the molecule is NC(=O)c1cccc2c1c1cccc(F)c1n2Cc1ccccn1. The molecule has 0 fully saturated rings. The van der Waals surface area contributed by atoms with Gasteiger partial charge in [-0.15, -0.1) is 0 Å². The number of halogens is 1. The van der Waals surface area contributed by atoms with Gasteiger partial charge in [-0.25, -0.2) is 4.39 Å². The summed E-state index contributed by atoms with van der Waals surface area (Å²) in [5.74, 6) is -0.864. The Labute approximate surface area is 137 Å². The Balaban J connectivity index is 2.10. The summed E-state index contributed by atoms with van der Waals surface area (Å²) in [4.78, 5) is 16.1. The largest absolute Gasteiger partial charge is 0.366 e. The number of hydrogen-bond acceptors (Lipinski definition) is 2. The Kier molecular flexibility index (Phi) is 3.27. The van der Waals surface area contributed by atoms with E-state index >= 15 is 0 Å². The van der Waals surface area contributed by atoms with Crippen LogP contribution in [0.15, 0.2) is 60.8 Å². The number of hydrogen-bond donors (Lipinski definition) is 1. The highest BCUT2D eigenvalue weighted by molar-refractivity contribution is 6.17. The van der Waals surface area contributed by atoms with Gasteiger partial charge in [0.05, 0.1) is 23.3 Å². The normalized spacial score (nSPS) is 11.2. The van der Waals surface area contributed by atoms with Crippen molar-refractivity contribution in [2.45, 2.75) is 6.54 Å². The lowest BCUT2D eigenvalue weighted by Crippen LogP contribution is -2.11. The van der Waals surface area contributed by atoms with Crippen molar-refractivity contribution in [3.63, 3.8) is 0 Å². The predicted octanol–water partition coefficient (Wildman–Crippen LogP) is 3.48. The van der Waals surface area contributed by atoms with E-state index in [9.17, 15) is 9.18 Å². The summed E-state index contributed by atoms with van der Waals surface area (Å²) in [5, 5.41) is 1.35. The molecule has 0 radical (unpaired) electrons. The Bertz CT molecular complexity index is 1070. The van der Waals surface area contributed by atoms with Crippen molar-refractivity contribution in [1.29, 1.82) is 0 Å². The summed E-state index contributed by atoms with van der Waals surface area (Å²) >= 11 is 0. The number of nitrogens with zero attached hydrogens (tertiary/aromatic N) is 2. The molecule has 24 heavy (non-hydrogen) atoms. The molecule has 118 valence electrons. The lowest BCUT2D eigenvalue weighted by Gasteiger charge is -2.07. The van der Waals surface area contributed by atoms with E-state index in [-0.39, 0.29) is 5.82 Å². The highest BCUT2D eigenvalue weighted by Crippen LogP contribution is 2.33. The number of carbonyl (C=O) groups excluding carboxylic acids is 1. The van der Waals surface area contributed by atoms with Crippen LogP contribution < -0.4 is 5.73 Å². The van der Waals surface area contributed by atoms with E-state index in [1.54, 1.807) is 24.4 Å². The van der Waals surface area contributed by atoms with Gasteiger partial charge in [0.2, 0.25) is 5.91 Å². The maximum atomic E-state index is 14.6. The first-order valence-electron chi connectivity index (χ1n) is 7.56. The third-order valence-electron chi connectivity index (χ3n) is 4.17. The molecule has 2 aromatic heterocycles. The fourth-order valence-electron chi connectivity index (χ4n) is 3.18. The topological polar surface area (TPSA) is 60.9 Å². The quantitative estimate of drug-likeness (QED) is 0.628. The number of nitrogens with two attached hydrogens (primary N) is 1. The van der Waals surface area contributed by atoms with E-state index in [1.807, 2.05) is 34.9 Å². The zero-order chi connectivity index (χ0) is 16.7. The van der Waals surface area contributed by atoms with Crippen LogP contribution in [-0.4, -0.2) is 15.5 Å². The third-order valence-corrected chi connectivity index (χ3v) is 4.17. The fraction of sp³-hybridized carbons (Fsp3) is 0.0526. The van der Waals surface area contributed by atoms with Gasteiger partial charge in [-0.3, -0.25) is 9.78 Å². The van der Waals surface area contributed by atoms with Crippen molar-refractivity contribution in [2.75, 3.05) is 0 Å². The molecule has 0 aliphatic rings. The van der Waals surface area contributed by atoms with Crippen molar-refractivity contribution < 1.29 is 9.18 Å². The number of amides is 1. The second-order valence-electron chi connectivity index (χ2n) is 5.61. The summed E-state index contributed by atoms with van der Waals surface area (Å²) in [7, 11) is 0. The second-order valence-corrected chi connectivity index (χ2v) is 5.61. The summed E-state index contributed by atoms with van der Waals surface area (Å²) in [6.07, 6.45) is 1.70. The van der Waals surface area contributed by atoms with Crippen LogP contribution >= 0.6 is 0 Å². The zero-order valence-electron chi connectivity index (χ0n) is 12.7. The monoisotopic (exact) mass is 319 g/mol. The summed E-state index contributed by atoms with van der Waals surface area (Å²) in [6.45, 7) is 0.407. The molecular formula is C19H14FN3O. The van der Waals surface area contributed by atoms with Crippen molar-refractivity contribution in [1.82, 2.24) is 9.55 Å². The van der Waals surface area contributed by atoms with Gasteiger partial charge in [0.15, 0.2) is 0 Å². The number of aromatic nitrogens is 2. The van der Waals surface area contributed by atoms with Crippen LogP contribution in [0.3, 0.4) is 0 Å². The minimum atomic E-state index is -0.526. The maximum absolute atomic E-state index is 14.6. The Morgan fingerprint density at radius 1 is 1.08 bits per heavy atom. The molecule has 2 heterocycles. The van der Waals surface area contributed by atoms with Gasteiger partial charge in [-0.05, 0) is 30.3 Å². The van der Waals surface area contributed by atoms with E-state index in [0.717, 1.165) is 11.2 Å². The molecule has 0 saturated heterocycles. The van der Waals surface area contributed by atoms with Crippen LogP contribution in [0.1, 0.15) is 16.1 Å². The molecule has 5 heteroatoms. The summed E-state index contributed by atoms with van der Waals surface area (Å²) in [5.41, 5.74) is 7.93. The molecule has 0 atom stereocenters. The molecule has 0 aliphatic heterocycles. The number of rotatable bonds is 3. The minimum Gasteiger partial charge on any atom is -0.366 e. The lowest BCUT2D eigenvalue weighted by molar-refractivity contribution is 0.100. The molecule has 4 aromatic rings. The van der Waals surface area contributed by atoms with Crippen molar-refractivity contribution in [3.8, 4) is 0 Å². The smallest absolute Gasteiger partial charge is 0.249 e. The van der Waals surface area contributed by atoms with E-state index in [4.69, 9.17) is 5.73 Å². The van der Waals surface area contributed by atoms with E-state index < -0.39 is 5.91 Å². The predicted molar refractivity (Wildman–Crippen MR) is 91.3 cm³/mol. The fourth-order valence-corrected chi connectivity index (χ4v) is 3.18. The van der Waals surface area contributed by atoms with Crippen LogP contribution in [-0.2, 0) is 6.54 Å². The van der Waals surface area contributed by atoms with E-state index in [2.05, 4.69) is 4.98 Å². The van der Waals surface area contributed by atoms with Crippen LogP contribution in [0, 0.1) is 5.82 Å². The molecule has 4 rings (SSSR count). The van der Waals surface area contributed by atoms with Gasteiger partial charge in [0, 0.05) is 22.5 Å².